The van der Waals surface area contributed by atoms with Crippen molar-refractivity contribution in [3.8, 4) is 0 Å². The number of carbonyl (C=O) groups is 1. The summed E-state index contributed by atoms with van der Waals surface area (Å²) in [7, 11) is 0. The van der Waals surface area contributed by atoms with Gasteiger partial charge in [-0.3, -0.25) is 4.79 Å². The van der Waals surface area contributed by atoms with E-state index in [0.717, 1.165) is 41.7 Å². The highest BCUT2D eigenvalue weighted by Crippen LogP contribution is 2.33. The van der Waals surface area contributed by atoms with E-state index in [2.05, 4.69) is 26.6 Å². The van der Waals surface area contributed by atoms with Gasteiger partial charge in [-0.05, 0) is 56.5 Å². The number of piperidine rings is 1. The zero-order valence-electron chi connectivity index (χ0n) is 12.4. The van der Waals surface area contributed by atoms with Crippen molar-refractivity contribution in [3.63, 3.8) is 0 Å². The average Bonchev–Trinajstić information content (AvgIpc) is 2.43. The van der Waals surface area contributed by atoms with Gasteiger partial charge in [-0.1, -0.05) is 35.8 Å². The number of halogens is 1. The van der Waals surface area contributed by atoms with Gasteiger partial charge in [0.05, 0.1) is 0 Å². The number of rotatable bonds is 3. The van der Waals surface area contributed by atoms with Crippen molar-refractivity contribution < 1.29 is 4.79 Å². The number of aryl methyl sites for hydroxylation is 1. The second kappa shape index (κ2) is 6.27. The molecule has 1 aromatic rings. The summed E-state index contributed by atoms with van der Waals surface area (Å²) in [6, 6.07) is 5.96. The lowest BCUT2D eigenvalue weighted by molar-refractivity contribution is -0.127. The zero-order chi connectivity index (χ0) is 14.8. The van der Waals surface area contributed by atoms with Crippen molar-refractivity contribution >= 4 is 27.5 Å². The largest absolute Gasteiger partial charge is 0.325 e. The Kier molecular flexibility index (Phi) is 4.86. The third kappa shape index (κ3) is 3.41. The summed E-state index contributed by atoms with van der Waals surface area (Å²) in [5.41, 5.74) is 1.61. The van der Waals surface area contributed by atoms with Crippen LogP contribution in [0.1, 0.15) is 32.3 Å². The SMILES string of the molecule is Cc1ccc(Br)cc1NC(=O)C(C)(C)C1CCCNC1. The first-order chi connectivity index (χ1) is 9.41. The maximum atomic E-state index is 12.6. The molecule has 1 atom stereocenters. The number of benzene rings is 1. The van der Waals surface area contributed by atoms with E-state index in [4.69, 9.17) is 0 Å². The van der Waals surface area contributed by atoms with Crippen molar-refractivity contribution in [2.24, 2.45) is 11.3 Å². The Morgan fingerprint density at radius 1 is 1.45 bits per heavy atom. The average molecular weight is 339 g/mol. The highest BCUT2D eigenvalue weighted by atomic mass is 79.9. The number of hydrogen-bond acceptors (Lipinski definition) is 2. The summed E-state index contributed by atoms with van der Waals surface area (Å²) in [5, 5.41) is 6.48. The topological polar surface area (TPSA) is 41.1 Å². The fourth-order valence-electron chi connectivity index (χ4n) is 2.67. The fraction of sp³-hybridized carbons (Fsp3) is 0.562. The number of hydrogen-bond donors (Lipinski definition) is 2. The Balaban J connectivity index is 2.11. The smallest absolute Gasteiger partial charge is 0.230 e. The summed E-state index contributed by atoms with van der Waals surface area (Å²) in [5.74, 6) is 0.496. The molecule has 4 heteroatoms. The highest BCUT2D eigenvalue weighted by molar-refractivity contribution is 9.10. The molecule has 1 fully saturated rings. The molecular formula is C16H23BrN2O. The second-order valence-electron chi connectivity index (χ2n) is 6.18. The van der Waals surface area contributed by atoms with Crippen molar-refractivity contribution in [3.05, 3.63) is 28.2 Å². The van der Waals surface area contributed by atoms with E-state index in [-0.39, 0.29) is 11.3 Å². The van der Waals surface area contributed by atoms with Gasteiger partial charge in [0, 0.05) is 15.6 Å². The molecule has 1 aromatic carbocycles. The van der Waals surface area contributed by atoms with Crippen LogP contribution in [0.25, 0.3) is 0 Å². The Morgan fingerprint density at radius 3 is 2.85 bits per heavy atom. The van der Waals surface area contributed by atoms with Gasteiger partial charge in [-0.2, -0.15) is 0 Å². The van der Waals surface area contributed by atoms with E-state index < -0.39 is 0 Å². The second-order valence-corrected chi connectivity index (χ2v) is 7.09. The van der Waals surface area contributed by atoms with E-state index in [1.54, 1.807) is 0 Å². The van der Waals surface area contributed by atoms with Gasteiger partial charge >= 0.3 is 0 Å². The maximum absolute atomic E-state index is 12.6. The molecule has 0 spiro atoms. The first kappa shape index (κ1) is 15.5. The minimum Gasteiger partial charge on any atom is -0.325 e. The molecule has 3 nitrogen and oxygen atoms in total. The minimum atomic E-state index is -0.359. The number of carbonyl (C=O) groups excluding carboxylic acids is 1. The number of amides is 1. The van der Waals surface area contributed by atoms with E-state index >= 15 is 0 Å². The van der Waals surface area contributed by atoms with Gasteiger partial charge in [0.15, 0.2) is 0 Å². The summed E-state index contributed by atoms with van der Waals surface area (Å²) in [6.07, 6.45) is 2.27. The molecule has 20 heavy (non-hydrogen) atoms. The van der Waals surface area contributed by atoms with Gasteiger partial charge in [-0.15, -0.1) is 0 Å². The van der Waals surface area contributed by atoms with E-state index in [1.807, 2.05) is 39.0 Å². The van der Waals surface area contributed by atoms with Crippen LogP contribution in [-0.4, -0.2) is 19.0 Å². The molecule has 0 aliphatic carbocycles. The summed E-state index contributed by atoms with van der Waals surface area (Å²) >= 11 is 3.45. The fourth-order valence-corrected chi connectivity index (χ4v) is 3.03. The molecule has 1 aliphatic heterocycles. The Bertz CT molecular complexity index is 493. The lowest BCUT2D eigenvalue weighted by Gasteiger charge is -2.36. The van der Waals surface area contributed by atoms with Crippen LogP contribution < -0.4 is 10.6 Å². The van der Waals surface area contributed by atoms with Gasteiger partial charge in [0.2, 0.25) is 5.91 Å². The Morgan fingerprint density at radius 2 is 2.20 bits per heavy atom. The molecule has 0 aromatic heterocycles. The molecule has 2 rings (SSSR count). The molecule has 1 unspecified atom stereocenters. The van der Waals surface area contributed by atoms with E-state index in [9.17, 15) is 4.79 Å². The minimum absolute atomic E-state index is 0.104. The lowest BCUT2D eigenvalue weighted by Crippen LogP contribution is -2.44. The van der Waals surface area contributed by atoms with E-state index in [1.165, 1.54) is 0 Å². The van der Waals surface area contributed by atoms with Gasteiger partial charge in [0.25, 0.3) is 0 Å². The molecule has 1 heterocycles. The van der Waals surface area contributed by atoms with Crippen molar-refractivity contribution in [2.75, 3.05) is 18.4 Å². The van der Waals surface area contributed by atoms with Crippen LogP contribution in [0.15, 0.2) is 22.7 Å². The molecule has 110 valence electrons. The highest BCUT2D eigenvalue weighted by Gasteiger charge is 2.37. The summed E-state index contributed by atoms with van der Waals surface area (Å²) < 4.78 is 0.982. The Hall–Kier alpha value is -0.870. The van der Waals surface area contributed by atoms with Gasteiger partial charge in [0.1, 0.15) is 0 Å². The monoisotopic (exact) mass is 338 g/mol. The van der Waals surface area contributed by atoms with E-state index in [0.29, 0.717) is 5.92 Å². The zero-order valence-corrected chi connectivity index (χ0v) is 14.0. The Labute approximate surface area is 129 Å². The summed E-state index contributed by atoms with van der Waals surface area (Å²) in [6.45, 7) is 8.11. The molecule has 2 N–H and O–H groups in total. The number of anilines is 1. The maximum Gasteiger partial charge on any atom is 0.230 e. The van der Waals surface area contributed by atoms with Crippen LogP contribution in [0.2, 0.25) is 0 Å². The molecular weight excluding hydrogens is 316 g/mol. The van der Waals surface area contributed by atoms with Crippen molar-refractivity contribution in [2.45, 2.75) is 33.6 Å². The van der Waals surface area contributed by atoms with Crippen LogP contribution in [0.5, 0.6) is 0 Å². The molecule has 0 saturated carbocycles. The third-order valence-corrected chi connectivity index (χ3v) is 4.84. The molecule has 1 saturated heterocycles. The van der Waals surface area contributed by atoms with Crippen LogP contribution in [0, 0.1) is 18.3 Å². The van der Waals surface area contributed by atoms with Crippen molar-refractivity contribution in [1.82, 2.24) is 5.32 Å². The van der Waals surface area contributed by atoms with Gasteiger partial charge < -0.3 is 10.6 Å². The standard InChI is InChI=1S/C16H23BrN2O/c1-11-6-7-13(17)9-14(11)19-15(20)16(2,3)12-5-4-8-18-10-12/h6-7,9,12,18H,4-5,8,10H2,1-3H3,(H,19,20). The van der Waals surface area contributed by atoms with Gasteiger partial charge in [-0.25, -0.2) is 0 Å². The first-order valence-corrected chi connectivity index (χ1v) is 7.99. The molecule has 0 radical (unpaired) electrons. The third-order valence-electron chi connectivity index (χ3n) is 4.35. The normalized spacial score (nSPS) is 19.7. The quantitative estimate of drug-likeness (QED) is 0.881. The molecule has 0 bridgehead atoms. The first-order valence-electron chi connectivity index (χ1n) is 7.19. The molecule has 1 amide bonds. The predicted octanol–water partition coefficient (Wildman–Crippen LogP) is 3.72. The summed E-state index contributed by atoms with van der Waals surface area (Å²) in [4.78, 5) is 12.6. The van der Waals surface area contributed by atoms with Crippen molar-refractivity contribution in [1.29, 1.82) is 0 Å². The predicted molar refractivity (Wildman–Crippen MR) is 86.9 cm³/mol. The van der Waals surface area contributed by atoms with Crippen LogP contribution in [0.4, 0.5) is 5.69 Å². The lowest BCUT2D eigenvalue weighted by atomic mass is 9.74. The molecule has 1 aliphatic rings. The van der Waals surface area contributed by atoms with Crippen LogP contribution in [0.3, 0.4) is 0 Å². The van der Waals surface area contributed by atoms with Crippen LogP contribution in [-0.2, 0) is 4.79 Å². The van der Waals surface area contributed by atoms with Crippen LogP contribution >= 0.6 is 15.9 Å². The number of nitrogens with one attached hydrogen (secondary N) is 2.